The number of amides is 2. The van der Waals surface area contributed by atoms with Crippen LogP contribution < -0.4 is 10.6 Å². The van der Waals surface area contributed by atoms with Crippen molar-refractivity contribution in [1.29, 1.82) is 0 Å². The van der Waals surface area contributed by atoms with Gasteiger partial charge in [-0.15, -0.1) is 0 Å². The third-order valence-corrected chi connectivity index (χ3v) is 3.93. The summed E-state index contributed by atoms with van der Waals surface area (Å²) in [6.45, 7) is 0.305. The minimum absolute atomic E-state index is 0.147. The van der Waals surface area contributed by atoms with Gasteiger partial charge in [-0.25, -0.2) is 9.18 Å². The van der Waals surface area contributed by atoms with Crippen molar-refractivity contribution in [3.63, 3.8) is 0 Å². The quantitative estimate of drug-likeness (QED) is 0.752. The third kappa shape index (κ3) is 3.73. The number of rotatable bonds is 4. The summed E-state index contributed by atoms with van der Waals surface area (Å²) in [6, 6.07) is 11.3. The maximum atomic E-state index is 13.5. The molecule has 0 spiro atoms. The van der Waals surface area contributed by atoms with Crippen molar-refractivity contribution in [2.24, 2.45) is 0 Å². The molecule has 23 heavy (non-hydrogen) atoms. The molecular formula is C17H14FN3OS. The summed E-state index contributed by atoms with van der Waals surface area (Å²) in [6.07, 6.45) is 1.72. The standard InChI is InChI=1S/C17H14FN3OS/c18-14-5-1-2-6-15(14)21-17(22)20-10-12-4-3-8-19-16(12)13-7-9-23-11-13/h1-9,11H,10H2,(H2,20,21,22). The van der Waals surface area contributed by atoms with E-state index >= 15 is 0 Å². The Kier molecular flexibility index (Phi) is 4.63. The molecular weight excluding hydrogens is 313 g/mol. The Morgan fingerprint density at radius 3 is 2.83 bits per heavy atom. The second-order valence-electron chi connectivity index (χ2n) is 4.81. The molecule has 1 aromatic carbocycles. The highest BCUT2D eigenvalue weighted by molar-refractivity contribution is 7.08. The molecule has 0 aliphatic rings. The average molecular weight is 327 g/mol. The Morgan fingerprint density at radius 2 is 2.04 bits per heavy atom. The molecule has 3 rings (SSSR count). The molecule has 0 bridgehead atoms. The van der Waals surface area contributed by atoms with Gasteiger partial charge < -0.3 is 10.6 Å². The first-order valence-electron chi connectivity index (χ1n) is 7.00. The zero-order valence-corrected chi connectivity index (χ0v) is 12.9. The third-order valence-electron chi connectivity index (χ3n) is 3.25. The number of halogens is 1. The Balaban J connectivity index is 1.67. The molecule has 0 saturated heterocycles. The van der Waals surface area contributed by atoms with Gasteiger partial charge in [0.2, 0.25) is 0 Å². The van der Waals surface area contributed by atoms with E-state index in [0.717, 1.165) is 16.8 Å². The van der Waals surface area contributed by atoms with Gasteiger partial charge in [-0.3, -0.25) is 4.98 Å². The molecule has 6 heteroatoms. The summed E-state index contributed by atoms with van der Waals surface area (Å²) >= 11 is 1.59. The zero-order valence-electron chi connectivity index (χ0n) is 12.1. The normalized spacial score (nSPS) is 10.3. The number of urea groups is 1. The molecule has 0 aliphatic heterocycles. The van der Waals surface area contributed by atoms with Gasteiger partial charge in [0.25, 0.3) is 0 Å². The molecule has 2 aromatic heterocycles. The van der Waals surface area contributed by atoms with Crippen LogP contribution in [0, 0.1) is 5.82 Å². The van der Waals surface area contributed by atoms with Gasteiger partial charge in [-0.05, 0) is 35.2 Å². The van der Waals surface area contributed by atoms with E-state index in [9.17, 15) is 9.18 Å². The van der Waals surface area contributed by atoms with Crippen LogP contribution in [0.3, 0.4) is 0 Å². The number of hydrogen-bond acceptors (Lipinski definition) is 3. The van der Waals surface area contributed by atoms with Crippen molar-refractivity contribution in [1.82, 2.24) is 10.3 Å². The van der Waals surface area contributed by atoms with E-state index in [1.807, 2.05) is 29.0 Å². The second kappa shape index (κ2) is 7.02. The summed E-state index contributed by atoms with van der Waals surface area (Å²) in [5, 5.41) is 9.20. The predicted octanol–water partition coefficient (Wildman–Crippen LogP) is 4.27. The van der Waals surface area contributed by atoms with E-state index in [0.29, 0.717) is 6.54 Å². The average Bonchev–Trinajstić information content (AvgIpc) is 3.10. The highest BCUT2D eigenvalue weighted by Gasteiger charge is 2.09. The lowest BCUT2D eigenvalue weighted by molar-refractivity contribution is 0.251. The number of para-hydroxylation sites is 1. The van der Waals surface area contributed by atoms with Gasteiger partial charge in [-0.1, -0.05) is 18.2 Å². The van der Waals surface area contributed by atoms with Crippen LogP contribution in [0.1, 0.15) is 5.56 Å². The summed E-state index contributed by atoms with van der Waals surface area (Å²) < 4.78 is 13.5. The topological polar surface area (TPSA) is 54.0 Å². The predicted molar refractivity (Wildman–Crippen MR) is 89.8 cm³/mol. The summed E-state index contributed by atoms with van der Waals surface area (Å²) in [4.78, 5) is 16.3. The summed E-state index contributed by atoms with van der Waals surface area (Å²) in [5.41, 5.74) is 2.89. The van der Waals surface area contributed by atoms with Gasteiger partial charge in [0, 0.05) is 23.7 Å². The highest BCUT2D eigenvalue weighted by Crippen LogP contribution is 2.23. The van der Waals surface area contributed by atoms with Crippen LogP contribution >= 0.6 is 11.3 Å². The minimum atomic E-state index is -0.469. The van der Waals surface area contributed by atoms with Gasteiger partial charge in [0.05, 0.1) is 11.4 Å². The fraction of sp³-hybridized carbons (Fsp3) is 0.0588. The fourth-order valence-electron chi connectivity index (χ4n) is 2.14. The Bertz CT molecular complexity index is 805. The van der Waals surface area contributed by atoms with E-state index in [1.165, 1.54) is 12.1 Å². The molecule has 2 heterocycles. The van der Waals surface area contributed by atoms with Crippen LogP contribution in [-0.4, -0.2) is 11.0 Å². The Labute approximate surface area is 137 Å². The number of thiophene rings is 1. The van der Waals surface area contributed by atoms with Gasteiger partial charge in [0.1, 0.15) is 5.82 Å². The summed E-state index contributed by atoms with van der Waals surface area (Å²) in [7, 11) is 0. The van der Waals surface area contributed by atoms with Crippen LogP contribution in [-0.2, 0) is 6.54 Å². The van der Waals surface area contributed by atoms with Crippen LogP contribution in [0.2, 0.25) is 0 Å². The number of pyridine rings is 1. The van der Waals surface area contributed by atoms with Crippen molar-refractivity contribution in [3.05, 3.63) is 70.8 Å². The number of nitrogens with one attached hydrogen (secondary N) is 2. The number of aromatic nitrogens is 1. The molecule has 0 fully saturated rings. The first-order valence-corrected chi connectivity index (χ1v) is 7.94. The van der Waals surface area contributed by atoms with E-state index in [4.69, 9.17) is 0 Å². The maximum absolute atomic E-state index is 13.5. The number of hydrogen-bond donors (Lipinski definition) is 2. The van der Waals surface area contributed by atoms with Crippen LogP contribution in [0.5, 0.6) is 0 Å². The smallest absolute Gasteiger partial charge is 0.319 e. The lowest BCUT2D eigenvalue weighted by atomic mass is 10.1. The van der Waals surface area contributed by atoms with Crippen LogP contribution in [0.15, 0.2) is 59.4 Å². The van der Waals surface area contributed by atoms with Gasteiger partial charge >= 0.3 is 6.03 Å². The van der Waals surface area contributed by atoms with Crippen molar-refractivity contribution in [2.45, 2.75) is 6.54 Å². The molecule has 0 unspecified atom stereocenters. The Hall–Kier alpha value is -2.73. The molecule has 3 aromatic rings. The molecule has 0 radical (unpaired) electrons. The largest absolute Gasteiger partial charge is 0.334 e. The van der Waals surface area contributed by atoms with Crippen molar-refractivity contribution < 1.29 is 9.18 Å². The number of benzene rings is 1. The number of carbonyl (C=O) groups is 1. The lowest BCUT2D eigenvalue weighted by Gasteiger charge is -2.10. The molecule has 0 atom stereocenters. The number of anilines is 1. The van der Waals surface area contributed by atoms with Crippen molar-refractivity contribution in [3.8, 4) is 11.3 Å². The molecule has 4 nitrogen and oxygen atoms in total. The monoisotopic (exact) mass is 327 g/mol. The maximum Gasteiger partial charge on any atom is 0.319 e. The number of carbonyl (C=O) groups excluding carboxylic acids is 1. The summed E-state index contributed by atoms with van der Waals surface area (Å²) in [5.74, 6) is -0.469. The molecule has 0 aliphatic carbocycles. The molecule has 2 amide bonds. The SMILES string of the molecule is O=C(NCc1cccnc1-c1ccsc1)Nc1ccccc1F. The van der Waals surface area contributed by atoms with Crippen molar-refractivity contribution in [2.75, 3.05) is 5.32 Å². The second-order valence-corrected chi connectivity index (χ2v) is 5.59. The Morgan fingerprint density at radius 1 is 1.17 bits per heavy atom. The molecule has 0 saturated carbocycles. The minimum Gasteiger partial charge on any atom is -0.334 e. The fourth-order valence-corrected chi connectivity index (χ4v) is 2.79. The lowest BCUT2D eigenvalue weighted by Crippen LogP contribution is -2.28. The van der Waals surface area contributed by atoms with Crippen molar-refractivity contribution >= 4 is 23.1 Å². The van der Waals surface area contributed by atoms with Crippen LogP contribution in [0.25, 0.3) is 11.3 Å². The zero-order chi connectivity index (χ0) is 16.1. The van der Waals surface area contributed by atoms with E-state index in [-0.39, 0.29) is 5.69 Å². The highest BCUT2D eigenvalue weighted by atomic mass is 32.1. The van der Waals surface area contributed by atoms with Crippen LogP contribution in [0.4, 0.5) is 14.9 Å². The molecule has 116 valence electrons. The van der Waals surface area contributed by atoms with Gasteiger partial charge in [-0.2, -0.15) is 11.3 Å². The first-order chi connectivity index (χ1) is 11.2. The van der Waals surface area contributed by atoms with E-state index in [2.05, 4.69) is 15.6 Å². The van der Waals surface area contributed by atoms with E-state index < -0.39 is 11.8 Å². The van der Waals surface area contributed by atoms with Gasteiger partial charge in [0.15, 0.2) is 0 Å². The first kappa shape index (κ1) is 15.2. The van der Waals surface area contributed by atoms with E-state index in [1.54, 1.807) is 29.7 Å². The number of nitrogens with zero attached hydrogens (tertiary/aromatic N) is 1. The molecule has 2 N–H and O–H groups in total.